The van der Waals surface area contributed by atoms with E-state index in [0.717, 1.165) is 27.9 Å². The molecule has 2 heterocycles. The third-order valence-corrected chi connectivity index (χ3v) is 6.22. The van der Waals surface area contributed by atoms with Gasteiger partial charge in [0.2, 0.25) is 0 Å². The second-order valence-corrected chi connectivity index (χ2v) is 8.76. The van der Waals surface area contributed by atoms with Crippen molar-refractivity contribution < 1.29 is 24.6 Å². The fraction of sp³-hybridized carbons (Fsp3) is 0.0870. The van der Waals surface area contributed by atoms with Crippen LogP contribution in [0, 0.1) is 0 Å². The summed E-state index contributed by atoms with van der Waals surface area (Å²) in [4.78, 5) is 36.8. The number of amides is 1. The van der Waals surface area contributed by atoms with E-state index in [1.54, 1.807) is 17.0 Å². The monoisotopic (exact) mass is 479 g/mol. The van der Waals surface area contributed by atoms with Crippen LogP contribution in [0.2, 0.25) is 0 Å². The maximum atomic E-state index is 13.0. The highest BCUT2D eigenvalue weighted by atomic mass is 32.2. The topological polar surface area (TPSA) is 113 Å². The minimum absolute atomic E-state index is 0.00314. The number of aliphatic carboxylic acids is 2. The average molecular weight is 480 g/mol. The fourth-order valence-corrected chi connectivity index (χ4v) is 4.72. The van der Waals surface area contributed by atoms with Crippen molar-refractivity contribution in [3.8, 4) is 16.9 Å². The maximum absolute atomic E-state index is 13.0. The third kappa shape index (κ3) is 4.71. The number of rotatable bonds is 7. The highest BCUT2D eigenvalue weighted by molar-refractivity contribution is 8.26. The molecule has 8 nitrogen and oxygen atoms in total. The first kappa shape index (κ1) is 22.4. The molecule has 1 aromatic heterocycles. The molecule has 0 aliphatic carbocycles. The smallest absolute Gasteiger partial charge is 0.327 e. The molecule has 1 aliphatic heterocycles. The summed E-state index contributed by atoms with van der Waals surface area (Å²) in [5, 5.41) is 23.2. The highest BCUT2D eigenvalue weighted by Crippen LogP contribution is 2.36. The Morgan fingerprint density at radius 3 is 2.30 bits per heavy atom. The predicted octanol–water partition coefficient (Wildman–Crippen LogP) is 3.67. The molecule has 10 heteroatoms. The van der Waals surface area contributed by atoms with Gasteiger partial charge >= 0.3 is 11.9 Å². The summed E-state index contributed by atoms with van der Waals surface area (Å²) >= 11 is 6.15. The number of carboxylic acids is 2. The molecule has 1 amide bonds. The summed E-state index contributed by atoms with van der Waals surface area (Å²) in [5.41, 5.74) is 2.93. The van der Waals surface area contributed by atoms with Crippen LogP contribution in [0.1, 0.15) is 12.0 Å². The molecule has 2 N–H and O–H groups in total. The van der Waals surface area contributed by atoms with Crippen LogP contribution in [-0.2, 0) is 14.4 Å². The van der Waals surface area contributed by atoms with Gasteiger partial charge in [-0.25, -0.2) is 9.48 Å². The molecule has 3 aromatic rings. The van der Waals surface area contributed by atoms with Gasteiger partial charge in [0.15, 0.2) is 0 Å². The maximum Gasteiger partial charge on any atom is 0.327 e. The van der Waals surface area contributed by atoms with Crippen LogP contribution in [0.3, 0.4) is 0 Å². The van der Waals surface area contributed by atoms with Crippen molar-refractivity contribution in [1.29, 1.82) is 0 Å². The van der Waals surface area contributed by atoms with E-state index in [0.29, 0.717) is 11.3 Å². The van der Waals surface area contributed by atoms with Crippen molar-refractivity contribution in [3.63, 3.8) is 0 Å². The van der Waals surface area contributed by atoms with Gasteiger partial charge in [0.25, 0.3) is 5.91 Å². The quantitative estimate of drug-likeness (QED) is 0.390. The Hall–Kier alpha value is -3.76. The van der Waals surface area contributed by atoms with E-state index >= 15 is 0 Å². The van der Waals surface area contributed by atoms with E-state index in [2.05, 4.69) is 0 Å². The molecule has 1 atom stereocenters. The first-order valence-corrected chi connectivity index (χ1v) is 11.0. The van der Waals surface area contributed by atoms with Crippen molar-refractivity contribution >= 4 is 52.2 Å². The molecular formula is C23H17N3O5S2. The van der Waals surface area contributed by atoms with Crippen LogP contribution >= 0.6 is 24.0 Å². The summed E-state index contributed by atoms with van der Waals surface area (Å²) in [7, 11) is 0. The molecule has 1 saturated heterocycles. The molecule has 0 bridgehead atoms. The number of thioether (sulfide) groups is 1. The second kappa shape index (κ2) is 9.39. The van der Waals surface area contributed by atoms with Gasteiger partial charge in [-0.1, -0.05) is 72.5 Å². The lowest BCUT2D eigenvalue weighted by atomic mass is 10.1. The van der Waals surface area contributed by atoms with Gasteiger partial charge in [-0.3, -0.25) is 14.5 Å². The first-order valence-electron chi connectivity index (χ1n) is 9.77. The summed E-state index contributed by atoms with van der Waals surface area (Å²) in [6.07, 6.45) is 2.63. The molecule has 0 saturated carbocycles. The van der Waals surface area contributed by atoms with Crippen molar-refractivity contribution in [3.05, 3.63) is 77.3 Å². The zero-order chi connectivity index (χ0) is 23.5. The van der Waals surface area contributed by atoms with E-state index in [4.69, 9.17) is 22.4 Å². The Kier molecular flexibility index (Phi) is 6.38. The molecule has 0 spiro atoms. The Bertz CT molecular complexity index is 1270. The Balaban J connectivity index is 1.76. The Labute approximate surface area is 198 Å². The molecule has 2 aromatic carbocycles. The largest absolute Gasteiger partial charge is 0.481 e. The van der Waals surface area contributed by atoms with Gasteiger partial charge in [-0.15, -0.1) is 0 Å². The minimum atomic E-state index is -1.58. The fourth-order valence-electron chi connectivity index (χ4n) is 3.37. The van der Waals surface area contributed by atoms with Crippen molar-refractivity contribution in [2.75, 3.05) is 0 Å². The number of para-hydroxylation sites is 1. The molecule has 1 unspecified atom stereocenters. The zero-order valence-corrected chi connectivity index (χ0v) is 18.6. The van der Waals surface area contributed by atoms with Crippen molar-refractivity contribution in [2.45, 2.75) is 12.5 Å². The van der Waals surface area contributed by atoms with Gasteiger partial charge in [0.05, 0.1) is 22.7 Å². The number of hydrogen-bond donors (Lipinski definition) is 2. The van der Waals surface area contributed by atoms with Crippen LogP contribution in [0.15, 0.2) is 71.8 Å². The predicted molar refractivity (Wildman–Crippen MR) is 128 cm³/mol. The number of carboxylic acid groups (broad SMARTS) is 2. The lowest BCUT2D eigenvalue weighted by molar-refractivity contribution is -0.150. The van der Waals surface area contributed by atoms with E-state index in [1.165, 1.54) is 0 Å². The highest BCUT2D eigenvalue weighted by Gasteiger charge is 2.41. The molecule has 4 rings (SSSR count). The van der Waals surface area contributed by atoms with Crippen molar-refractivity contribution in [1.82, 2.24) is 14.7 Å². The van der Waals surface area contributed by atoms with Crippen LogP contribution in [-0.4, -0.2) is 53.1 Å². The molecule has 0 radical (unpaired) electrons. The molecule has 33 heavy (non-hydrogen) atoms. The number of thiocarbonyl (C=S) groups is 1. The lowest BCUT2D eigenvalue weighted by Gasteiger charge is -2.21. The van der Waals surface area contributed by atoms with Gasteiger partial charge in [-0.05, 0) is 18.2 Å². The van der Waals surface area contributed by atoms with E-state index in [1.807, 2.05) is 60.7 Å². The van der Waals surface area contributed by atoms with Crippen LogP contribution in [0.25, 0.3) is 23.0 Å². The normalized spacial score (nSPS) is 15.8. The number of nitrogens with zero attached hydrogens (tertiary/aromatic N) is 3. The number of hydrogen-bond acceptors (Lipinski definition) is 6. The zero-order valence-electron chi connectivity index (χ0n) is 17.0. The number of aromatic nitrogens is 2. The van der Waals surface area contributed by atoms with Gasteiger partial charge in [0.1, 0.15) is 10.4 Å². The second-order valence-electron chi connectivity index (χ2n) is 7.08. The molecule has 1 fully saturated rings. The summed E-state index contributed by atoms with van der Waals surface area (Å²) < 4.78 is 1.69. The first-order chi connectivity index (χ1) is 15.8. The number of benzene rings is 2. The summed E-state index contributed by atoms with van der Waals surface area (Å²) in [6, 6.07) is 17.3. The number of carbonyl (C=O) groups is 3. The van der Waals surface area contributed by atoms with Gasteiger partial charge in [0, 0.05) is 17.3 Å². The molecular weight excluding hydrogens is 462 g/mol. The molecule has 1 aliphatic rings. The summed E-state index contributed by atoms with van der Waals surface area (Å²) in [6.45, 7) is 0. The lowest BCUT2D eigenvalue weighted by Crippen LogP contribution is -2.45. The van der Waals surface area contributed by atoms with Crippen LogP contribution < -0.4 is 0 Å². The molecule has 166 valence electrons. The minimum Gasteiger partial charge on any atom is -0.481 e. The Morgan fingerprint density at radius 1 is 1.06 bits per heavy atom. The van der Waals surface area contributed by atoms with E-state index < -0.39 is 30.3 Å². The number of carbonyl (C=O) groups excluding carboxylic acids is 1. The van der Waals surface area contributed by atoms with Crippen LogP contribution in [0.4, 0.5) is 0 Å². The van der Waals surface area contributed by atoms with Gasteiger partial charge < -0.3 is 10.2 Å². The third-order valence-electron chi connectivity index (χ3n) is 4.89. The standard InChI is InChI=1S/C23H17N3O5S2/c27-19(28)12-17(22(30)31)26-21(29)18(33-23(26)32)11-15-13-25(16-9-5-2-6-10-16)24-20(15)14-7-3-1-4-8-14/h1-11,13,17H,12H2,(H,27,28)(H,30,31). The van der Waals surface area contributed by atoms with Gasteiger partial charge in [-0.2, -0.15) is 5.10 Å². The summed E-state index contributed by atoms with van der Waals surface area (Å²) in [5.74, 6) is -3.42. The van der Waals surface area contributed by atoms with Crippen LogP contribution in [0.5, 0.6) is 0 Å². The van der Waals surface area contributed by atoms with E-state index in [-0.39, 0.29) is 9.23 Å². The van der Waals surface area contributed by atoms with E-state index in [9.17, 15) is 19.5 Å². The SMILES string of the molecule is O=C(O)CC(C(=O)O)N1C(=O)C(=Cc2cn(-c3ccccc3)nc2-c2ccccc2)SC1=S. The average Bonchev–Trinajstić information content (AvgIpc) is 3.34. The Morgan fingerprint density at radius 2 is 1.70 bits per heavy atom. The van der Waals surface area contributed by atoms with Crippen molar-refractivity contribution in [2.24, 2.45) is 0 Å².